The molecular formula is C16H22N2OS. The van der Waals surface area contributed by atoms with Crippen LogP contribution in [0.2, 0.25) is 0 Å². The minimum absolute atomic E-state index is 0.0433. The summed E-state index contributed by atoms with van der Waals surface area (Å²) in [5.41, 5.74) is 2.31. The van der Waals surface area contributed by atoms with Crippen LogP contribution in [0.15, 0.2) is 35.7 Å². The Kier molecular flexibility index (Phi) is 4.91. The molecule has 1 heterocycles. The highest BCUT2D eigenvalue weighted by Crippen LogP contribution is 2.24. The summed E-state index contributed by atoms with van der Waals surface area (Å²) in [5.74, 6) is 0. The van der Waals surface area contributed by atoms with Crippen molar-refractivity contribution in [2.24, 2.45) is 0 Å². The van der Waals surface area contributed by atoms with E-state index in [4.69, 9.17) is 0 Å². The molecule has 1 aromatic heterocycles. The summed E-state index contributed by atoms with van der Waals surface area (Å²) in [6.07, 6.45) is 0. The first-order valence-electron chi connectivity index (χ1n) is 6.85. The van der Waals surface area contributed by atoms with Crippen LogP contribution in [-0.2, 0) is 12.0 Å². The molecule has 1 atom stereocenters. The molecule has 0 aliphatic rings. The Hall–Kier alpha value is -1.23. The molecule has 0 fully saturated rings. The van der Waals surface area contributed by atoms with Gasteiger partial charge in [0.15, 0.2) is 0 Å². The van der Waals surface area contributed by atoms with Crippen LogP contribution < -0.4 is 5.32 Å². The highest BCUT2D eigenvalue weighted by molar-refractivity contribution is 7.09. The van der Waals surface area contributed by atoms with E-state index in [1.165, 1.54) is 0 Å². The Morgan fingerprint density at radius 3 is 2.50 bits per heavy atom. The maximum atomic E-state index is 9.51. The molecule has 0 spiro atoms. The molecule has 0 radical (unpaired) electrons. The summed E-state index contributed by atoms with van der Waals surface area (Å²) < 4.78 is 0. The average Bonchev–Trinajstić information content (AvgIpc) is 2.89. The largest absolute Gasteiger partial charge is 0.394 e. The SMILES string of the molecule is CC(C)(C)c1csc(CNC(CO)c2ccccc2)n1. The molecule has 108 valence electrons. The van der Waals surface area contributed by atoms with Gasteiger partial charge in [-0.25, -0.2) is 4.98 Å². The second-order valence-corrected chi connectivity index (χ2v) is 6.85. The number of aliphatic hydroxyl groups is 1. The van der Waals surface area contributed by atoms with Gasteiger partial charge in [-0.05, 0) is 5.56 Å². The molecule has 0 saturated carbocycles. The van der Waals surface area contributed by atoms with E-state index in [1.54, 1.807) is 11.3 Å². The van der Waals surface area contributed by atoms with Crippen LogP contribution in [0.4, 0.5) is 0 Å². The first kappa shape index (κ1) is 15.2. The number of aromatic nitrogens is 1. The Morgan fingerprint density at radius 1 is 1.25 bits per heavy atom. The van der Waals surface area contributed by atoms with E-state index in [0.29, 0.717) is 6.54 Å². The van der Waals surface area contributed by atoms with Crippen molar-refractivity contribution in [2.45, 2.75) is 38.8 Å². The van der Waals surface area contributed by atoms with Crippen LogP contribution in [0, 0.1) is 0 Å². The molecule has 2 aromatic rings. The van der Waals surface area contributed by atoms with E-state index in [0.717, 1.165) is 16.3 Å². The highest BCUT2D eigenvalue weighted by Gasteiger charge is 2.17. The Balaban J connectivity index is 1.99. The number of hydrogen-bond donors (Lipinski definition) is 2. The van der Waals surface area contributed by atoms with Gasteiger partial charge < -0.3 is 10.4 Å². The third-order valence-electron chi connectivity index (χ3n) is 3.20. The van der Waals surface area contributed by atoms with E-state index in [9.17, 15) is 5.11 Å². The minimum Gasteiger partial charge on any atom is -0.394 e. The molecule has 0 saturated heterocycles. The van der Waals surface area contributed by atoms with Gasteiger partial charge in [0.25, 0.3) is 0 Å². The van der Waals surface area contributed by atoms with Gasteiger partial charge >= 0.3 is 0 Å². The third-order valence-corrected chi connectivity index (χ3v) is 4.05. The minimum atomic E-state index is -0.0433. The molecule has 0 bridgehead atoms. The smallest absolute Gasteiger partial charge is 0.107 e. The van der Waals surface area contributed by atoms with Crippen LogP contribution in [0.1, 0.15) is 43.1 Å². The number of nitrogens with zero attached hydrogens (tertiary/aromatic N) is 1. The topological polar surface area (TPSA) is 45.1 Å². The van der Waals surface area contributed by atoms with Gasteiger partial charge in [0.1, 0.15) is 5.01 Å². The molecule has 1 aromatic carbocycles. The number of aliphatic hydroxyl groups excluding tert-OH is 1. The van der Waals surface area contributed by atoms with Gasteiger partial charge in [0, 0.05) is 17.3 Å². The fourth-order valence-corrected chi connectivity index (χ4v) is 2.89. The van der Waals surface area contributed by atoms with Crippen molar-refractivity contribution in [1.82, 2.24) is 10.3 Å². The summed E-state index contributed by atoms with van der Waals surface area (Å²) >= 11 is 1.67. The fourth-order valence-electron chi connectivity index (χ4n) is 1.92. The normalized spacial score (nSPS) is 13.4. The second kappa shape index (κ2) is 6.48. The van der Waals surface area contributed by atoms with Crippen LogP contribution in [0.5, 0.6) is 0 Å². The van der Waals surface area contributed by atoms with E-state index in [2.05, 4.69) is 36.5 Å². The lowest BCUT2D eigenvalue weighted by molar-refractivity contribution is 0.243. The summed E-state index contributed by atoms with van der Waals surface area (Å²) in [7, 11) is 0. The number of benzene rings is 1. The first-order chi connectivity index (χ1) is 9.50. The summed E-state index contributed by atoms with van der Waals surface area (Å²) in [5, 5.41) is 16.1. The van der Waals surface area contributed by atoms with E-state index in [-0.39, 0.29) is 18.1 Å². The fraction of sp³-hybridized carbons (Fsp3) is 0.438. The second-order valence-electron chi connectivity index (χ2n) is 5.90. The average molecular weight is 290 g/mol. The molecule has 2 rings (SSSR count). The summed E-state index contributed by atoms with van der Waals surface area (Å²) in [6.45, 7) is 7.27. The van der Waals surface area contributed by atoms with Crippen molar-refractivity contribution in [3.63, 3.8) is 0 Å². The lowest BCUT2D eigenvalue weighted by Gasteiger charge is -2.16. The molecule has 0 aliphatic heterocycles. The molecule has 3 nitrogen and oxygen atoms in total. The van der Waals surface area contributed by atoms with Gasteiger partial charge in [0.05, 0.1) is 18.3 Å². The molecule has 1 unspecified atom stereocenters. The zero-order valence-electron chi connectivity index (χ0n) is 12.3. The summed E-state index contributed by atoms with van der Waals surface area (Å²) in [6, 6.07) is 9.96. The summed E-state index contributed by atoms with van der Waals surface area (Å²) in [4.78, 5) is 4.66. The Labute approximate surface area is 124 Å². The third kappa shape index (κ3) is 3.88. The van der Waals surface area contributed by atoms with Crippen molar-refractivity contribution in [3.05, 3.63) is 52.0 Å². The maximum Gasteiger partial charge on any atom is 0.107 e. The van der Waals surface area contributed by atoms with Gasteiger partial charge in [0.2, 0.25) is 0 Å². The predicted octanol–water partition coefficient (Wildman–Crippen LogP) is 3.26. The van der Waals surface area contributed by atoms with Gasteiger partial charge in [-0.2, -0.15) is 0 Å². The first-order valence-corrected chi connectivity index (χ1v) is 7.72. The van der Waals surface area contributed by atoms with E-state index >= 15 is 0 Å². The standard InChI is InChI=1S/C16H22N2OS/c1-16(2,3)14-11-20-15(18-14)9-17-13(10-19)12-7-5-4-6-8-12/h4-8,11,13,17,19H,9-10H2,1-3H3. The molecule has 0 amide bonds. The lowest BCUT2D eigenvalue weighted by Crippen LogP contribution is -2.24. The van der Waals surface area contributed by atoms with Gasteiger partial charge in [-0.15, -0.1) is 11.3 Å². The molecule has 0 aliphatic carbocycles. The van der Waals surface area contributed by atoms with Crippen molar-refractivity contribution in [3.8, 4) is 0 Å². The molecule has 2 N–H and O–H groups in total. The number of hydrogen-bond acceptors (Lipinski definition) is 4. The van der Waals surface area contributed by atoms with Gasteiger partial charge in [-0.3, -0.25) is 0 Å². The highest BCUT2D eigenvalue weighted by atomic mass is 32.1. The lowest BCUT2D eigenvalue weighted by atomic mass is 9.93. The van der Waals surface area contributed by atoms with Gasteiger partial charge in [-0.1, -0.05) is 51.1 Å². The number of nitrogens with one attached hydrogen (secondary N) is 1. The van der Waals surface area contributed by atoms with E-state index < -0.39 is 0 Å². The Morgan fingerprint density at radius 2 is 1.95 bits per heavy atom. The monoisotopic (exact) mass is 290 g/mol. The number of rotatable bonds is 5. The van der Waals surface area contributed by atoms with Crippen molar-refractivity contribution >= 4 is 11.3 Å². The van der Waals surface area contributed by atoms with Crippen LogP contribution in [-0.4, -0.2) is 16.7 Å². The quantitative estimate of drug-likeness (QED) is 0.888. The molecule has 20 heavy (non-hydrogen) atoms. The van der Waals surface area contributed by atoms with Crippen molar-refractivity contribution in [2.75, 3.05) is 6.61 Å². The van der Waals surface area contributed by atoms with Crippen LogP contribution in [0.3, 0.4) is 0 Å². The van der Waals surface area contributed by atoms with Crippen molar-refractivity contribution in [1.29, 1.82) is 0 Å². The van der Waals surface area contributed by atoms with E-state index in [1.807, 2.05) is 30.3 Å². The number of thiazole rings is 1. The molecule has 4 heteroatoms. The zero-order chi connectivity index (χ0) is 14.6. The molecular weight excluding hydrogens is 268 g/mol. The van der Waals surface area contributed by atoms with Crippen LogP contribution in [0.25, 0.3) is 0 Å². The zero-order valence-corrected chi connectivity index (χ0v) is 13.1. The maximum absolute atomic E-state index is 9.51. The Bertz CT molecular complexity index is 531. The van der Waals surface area contributed by atoms with Crippen molar-refractivity contribution < 1.29 is 5.11 Å². The predicted molar refractivity (Wildman–Crippen MR) is 83.9 cm³/mol. The van der Waals surface area contributed by atoms with Crippen LogP contribution >= 0.6 is 11.3 Å².